The molecule has 1 unspecified atom stereocenters. The van der Waals surface area contributed by atoms with E-state index in [2.05, 4.69) is 5.10 Å². The van der Waals surface area contributed by atoms with Gasteiger partial charge in [-0.15, -0.1) is 0 Å². The van der Waals surface area contributed by atoms with Crippen LogP contribution in [0, 0.1) is 17.6 Å². The molecule has 0 aliphatic carbocycles. The number of alkyl halides is 3. The summed E-state index contributed by atoms with van der Waals surface area (Å²) in [6.45, 7) is 2.19. The van der Waals surface area contributed by atoms with Gasteiger partial charge in [0.05, 0.1) is 0 Å². The SMILES string of the molecule is CC1CN(C(=O)[C@@](C)(O)C(F)(F)F)CC[C@@H]1c1ccnn1-c1ccc(F)cc1F. The lowest BCUT2D eigenvalue weighted by molar-refractivity contribution is -0.250. The molecule has 2 aromatic rings. The Morgan fingerprint density at radius 3 is 2.52 bits per heavy atom. The Kier molecular flexibility index (Phi) is 5.42. The fourth-order valence-electron chi connectivity index (χ4n) is 3.65. The Labute approximate surface area is 163 Å². The van der Waals surface area contributed by atoms with Crippen LogP contribution in [0.3, 0.4) is 0 Å². The summed E-state index contributed by atoms with van der Waals surface area (Å²) < 4.78 is 67.6. The van der Waals surface area contributed by atoms with Crippen molar-refractivity contribution in [2.75, 3.05) is 13.1 Å². The molecule has 1 aromatic carbocycles. The molecule has 1 aliphatic heterocycles. The first-order valence-corrected chi connectivity index (χ1v) is 9.01. The van der Waals surface area contributed by atoms with Crippen LogP contribution in [0.5, 0.6) is 0 Å². The summed E-state index contributed by atoms with van der Waals surface area (Å²) >= 11 is 0. The van der Waals surface area contributed by atoms with Gasteiger partial charge >= 0.3 is 6.18 Å². The third-order valence-corrected chi connectivity index (χ3v) is 5.35. The lowest BCUT2D eigenvalue weighted by Crippen LogP contribution is -2.58. The highest BCUT2D eigenvalue weighted by atomic mass is 19.4. The molecule has 1 aromatic heterocycles. The van der Waals surface area contributed by atoms with Gasteiger partial charge < -0.3 is 10.0 Å². The molecule has 0 radical (unpaired) electrons. The molecule has 3 atom stereocenters. The minimum absolute atomic E-state index is 0.00283. The second-order valence-corrected chi connectivity index (χ2v) is 7.46. The fourth-order valence-corrected chi connectivity index (χ4v) is 3.65. The fraction of sp³-hybridized carbons (Fsp3) is 0.474. The highest BCUT2D eigenvalue weighted by Crippen LogP contribution is 2.37. The Morgan fingerprint density at radius 2 is 1.93 bits per heavy atom. The zero-order chi connectivity index (χ0) is 21.6. The number of hydrogen-bond acceptors (Lipinski definition) is 3. The quantitative estimate of drug-likeness (QED) is 0.779. The largest absolute Gasteiger partial charge is 0.426 e. The van der Waals surface area contributed by atoms with Crippen LogP contribution in [0.2, 0.25) is 0 Å². The third kappa shape index (κ3) is 3.85. The van der Waals surface area contributed by atoms with Gasteiger partial charge in [0, 0.05) is 37.0 Å². The van der Waals surface area contributed by atoms with Crippen LogP contribution in [0.1, 0.15) is 31.9 Å². The van der Waals surface area contributed by atoms with Gasteiger partial charge in [0.1, 0.15) is 11.5 Å². The van der Waals surface area contributed by atoms with E-state index in [0.29, 0.717) is 19.0 Å². The molecule has 1 N–H and O–H groups in total. The molecule has 2 heterocycles. The molecule has 0 spiro atoms. The zero-order valence-corrected chi connectivity index (χ0v) is 15.7. The molecule has 1 amide bonds. The van der Waals surface area contributed by atoms with Crippen molar-refractivity contribution in [1.29, 1.82) is 0 Å². The van der Waals surface area contributed by atoms with Crippen LogP contribution in [-0.2, 0) is 4.79 Å². The topological polar surface area (TPSA) is 58.4 Å². The van der Waals surface area contributed by atoms with E-state index in [-0.39, 0.29) is 30.6 Å². The standard InChI is InChI=1S/C19H20F5N3O2/c1-11-10-26(17(28)18(2,29)19(22,23)24)8-6-13(11)15-5-7-25-27(15)16-4-3-12(20)9-14(16)21/h3-5,7,9,11,13,29H,6,8,10H2,1-2H3/t11?,13-,18+/m0/s1. The Morgan fingerprint density at radius 1 is 1.24 bits per heavy atom. The minimum Gasteiger partial charge on any atom is -0.373 e. The molecule has 5 nitrogen and oxygen atoms in total. The Balaban J connectivity index is 1.82. The maximum atomic E-state index is 14.2. The van der Waals surface area contributed by atoms with Gasteiger partial charge in [0.15, 0.2) is 5.82 Å². The first kappa shape index (κ1) is 21.2. The third-order valence-electron chi connectivity index (χ3n) is 5.35. The van der Waals surface area contributed by atoms with Gasteiger partial charge in [-0.1, -0.05) is 6.92 Å². The summed E-state index contributed by atoms with van der Waals surface area (Å²) in [4.78, 5) is 13.2. The number of amides is 1. The predicted octanol–water partition coefficient (Wildman–Crippen LogP) is 3.42. The number of aliphatic hydroxyl groups is 1. The maximum Gasteiger partial charge on any atom is 0.426 e. The van der Waals surface area contributed by atoms with Crippen molar-refractivity contribution in [1.82, 2.24) is 14.7 Å². The van der Waals surface area contributed by atoms with E-state index in [9.17, 15) is 31.9 Å². The summed E-state index contributed by atoms with van der Waals surface area (Å²) in [7, 11) is 0. The lowest BCUT2D eigenvalue weighted by Gasteiger charge is -2.40. The molecule has 3 rings (SSSR count). The number of aromatic nitrogens is 2. The minimum atomic E-state index is -5.08. The van der Waals surface area contributed by atoms with Gasteiger partial charge in [-0.3, -0.25) is 4.79 Å². The van der Waals surface area contributed by atoms with Crippen LogP contribution in [0.15, 0.2) is 30.5 Å². The molecule has 0 saturated carbocycles. The van der Waals surface area contributed by atoms with E-state index >= 15 is 0 Å². The van der Waals surface area contributed by atoms with Gasteiger partial charge in [0.2, 0.25) is 5.60 Å². The number of hydrogen-bond donors (Lipinski definition) is 1. The molecular formula is C19H20F5N3O2. The van der Waals surface area contributed by atoms with Gasteiger partial charge in [-0.2, -0.15) is 18.3 Å². The number of carbonyl (C=O) groups is 1. The van der Waals surface area contributed by atoms with Crippen molar-refractivity contribution in [3.05, 3.63) is 47.8 Å². The summed E-state index contributed by atoms with van der Waals surface area (Å²) in [5, 5.41) is 13.7. The summed E-state index contributed by atoms with van der Waals surface area (Å²) in [5.74, 6) is -3.42. The van der Waals surface area contributed by atoms with E-state index < -0.39 is 29.3 Å². The summed E-state index contributed by atoms with van der Waals surface area (Å²) in [6, 6.07) is 4.76. The van der Waals surface area contributed by atoms with Crippen LogP contribution < -0.4 is 0 Å². The van der Waals surface area contributed by atoms with Crippen LogP contribution in [0.25, 0.3) is 5.69 Å². The summed E-state index contributed by atoms with van der Waals surface area (Å²) in [5.41, 5.74) is -2.80. The van der Waals surface area contributed by atoms with E-state index in [1.807, 2.05) is 0 Å². The molecule has 158 valence electrons. The van der Waals surface area contributed by atoms with Gasteiger partial charge in [-0.05, 0) is 37.5 Å². The van der Waals surface area contributed by atoms with Crippen molar-refractivity contribution >= 4 is 5.91 Å². The zero-order valence-electron chi connectivity index (χ0n) is 15.7. The van der Waals surface area contributed by atoms with E-state index in [4.69, 9.17) is 0 Å². The second kappa shape index (κ2) is 7.40. The smallest absolute Gasteiger partial charge is 0.373 e. The van der Waals surface area contributed by atoms with Crippen molar-refractivity contribution < 1.29 is 31.9 Å². The molecule has 10 heteroatoms. The number of nitrogens with zero attached hydrogens (tertiary/aromatic N) is 3. The molecule has 0 bridgehead atoms. The van der Waals surface area contributed by atoms with Crippen LogP contribution in [0.4, 0.5) is 22.0 Å². The average Bonchev–Trinajstić information content (AvgIpc) is 3.09. The van der Waals surface area contributed by atoms with Gasteiger partial charge in [-0.25, -0.2) is 13.5 Å². The Bertz CT molecular complexity index is 909. The monoisotopic (exact) mass is 417 g/mol. The molecule has 1 saturated heterocycles. The first-order chi connectivity index (χ1) is 13.4. The number of likely N-dealkylation sites (tertiary alicyclic amines) is 1. The predicted molar refractivity (Wildman–Crippen MR) is 93.3 cm³/mol. The van der Waals surface area contributed by atoms with Crippen LogP contribution in [-0.4, -0.2) is 50.6 Å². The van der Waals surface area contributed by atoms with Crippen molar-refractivity contribution in [3.63, 3.8) is 0 Å². The number of carbonyl (C=O) groups excluding carboxylic acids is 1. The highest BCUT2D eigenvalue weighted by Gasteiger charge is 2.57. The van der Waals surface area contributed by atoms with Gasteiger partial charge in [0.25, 0.3) is 5.91 Å². The average molecular weight is 417 g/mol. The number of halogens is 5. The van der Waals surface area contributed by atoms with Crippen molar-refractivity contribution in [3.8, 4) is 5.69 Å². The normalized spacial score (nSPS) is 22.4. The van der Waals surface area contributed by atoms with Crippen molar-refractivity contribution in [2.24, 2.45) is 5.92 Å². The summed E-state index contributed by atoms with van der Waals surface area (Å²) in [6.07, 6.45) is -3.32. The first-order valence-electron chi connectivity index (χ1n) is 9.01. The van der Waals surface area contributed by atoms with E-state index in [0.717, 1.165) is 17.0 Å². The number of benzene rings is 1. The molecule has 29 heavy (non-hydrogen) atoms. The van der Waals surface area contributed by atoms with Crippen molar-refractivity contribution in [2.45, 2.75) is 38.0 Å². The van der Waals surface area contributed by atoms with E-state index in [1.165, 1.54) is 16.9 Å². The molecule has 1 fully saturated rings. The second-order valence-electron chi connectivity index (χ2n) is 7.46. The molecule has 1 aliphatic rings. The van der Waals surface area contributed by atoms with E-state index in [1.54, 1.807) is 13.0 Å². The number of piperidine rings is 1. The molecular weight excluding hydrogens is 397 g/mol. The maximum absolute atomic E-state index is 14.2. The van der Waals surface area contributed by atoms with Crippen LogP contribution >= 0.6 is 0 Å². The highest BCUT2D eigenvalue weighted by molar-refractivity contribution is 5.85. The lowest BCUT2D eigenvalue weighted by atomic mass is 9.83. The number of rotatable bonds is 3. The Hall–Kier alpha value is -2.49.